The fourth-order valence-corrected chi connectivity index (χ4v) is 1.87. The lowest BCUT2D eigenvalue weighted by molar-refractivity contribution is 0.290. The molecular formula is C16H18FN3O. The molecule has 21 heavy (non-hydrogen) atoms. The van der Waals surface area contributed by atoms with Crippen LogP contribution in [0.3, 0.4) is 0 Å². The van der Waals surface area contributed by atoms with E-state index in [0.717, 1.165) is 11.3 Å². The zero-order chi connectivity index (χ0) is 15.4. The highest BCUT2D eigenvalue weighted by atomic mass is 19.1. The van der Waals surface area contributed by atoms with Gasteiger partial charge in [-0.2, -0.15) is 0 Å². The molecule has 0 aliphatic rings. The summed E-state index contributed by atoms with van der Waals surface area (Å²) in [5.41, 5.74) is 7.67. The Morgan fingerprint density at radius 2 is 2.00 bits per heavy atom. The van der Waals surface area contributed by atoms with E-state index in [1.807, 2.05) is 43.3 Å². The second-order valence-corrected chi connectivity index (χ2v) is 4.91. The lowest BCUT2D eigenvalue weighted by Crippen LogP contribution is -2.11. The monoisotopic (exact) mass is 287 g/mol. The van der Waals surface area contributed by atoms with Crippen LogP contribution in [0.4, 0.5) is 10.1 Å². The van der Waals surface area contributed by atoms with E-state index in [2.05, 4.69) is 0 Å². The van der Waals surface area contributed by atoms with E-state index in [1.54, 1.807) is 6.07 Å². The summed E-state index contributed by atoms with van der Waals surface area (Å²) in [4.78, 5) is 1.99. The molecule has 2 aromatic rings. The van der Waals surface area contributed by atoms with Crippen molar-refractivity contribution in [2.75, 3.05) is 19.0 Å². The molecule has 5 heteroatoms. The summed E-state index contributed by atoms with van der Waals surface area (Å²) in [5.74, 6) is -0.541. The van der Waals surface area contributed by atoms with Gasteiger partial charge in [0.25, 0.3) is 0 Å². The third-order valence-electron chi connectivity index (χ3n) is 3.06. The van der Waals surface area contributed by atoms with Crippen LogP contribution in [0, 0.1) is 11.2 Å². The number of ether oxygens (including phenoxy) is 1. The van der Waals surface area contributed by atoms with Gasteiger partial charge in [0.15, 0.2) is 11.6 Å². The summed E-state index contributed by atoms with van der Waals surface area (Å²) in [7, 11) is 3.92. The molecule has 2 rings (SSSR count). The number of benzene rings is 2. The maximum Gasteiger partial charge on any atom is 0.165 e. The van der Waals surface area contributed by atoms with Crippen LogP contribution in [0.2, 0.25) is 0 Å². The van der Waals surface area contributed by atoms with Gasteiger partial charge in [-0.05, 0) is 35.9 Å². The number of anilines is 1. The molecule has 0 heterocycles. The van der Waals surface area contributed by atoms with Gasteiger partial charge in [0.05, 0.1) is 0 Å². The number of nitrogens with one attached hydrogen (secondary N) is 1. The van der Waals surface area contributed by atoms with Crippen molar-refractivity contribution in [2.24, 2.45) is 5.73 Å². The Hall–Kier alpha value is -2.56. The van der Waals surface area contributed by atoms with Crippen molar-refractivity contribution in [2.45, 2.75) is 6.61 Å². The minimum absolute atomic E-state index is 0.148. The SMILES string of the molecule is CN(C)c1cccc(COc2ccc(C(=N)N)cc2F)c1. The first-order valence-electron chi connectivity index (χ1n) is 6.50. The number of hydrogen-bond donors (Lipinski definition) is 2. The number of halogens is 1. The van der Waals surface area contributed by atoms with Crippen molar-refractivity contribution in [3.05, 3.63) is 59.4 Å². The molecule has 0 aliphatic carbocycles. The summed E-state index contributed by atoms with van der Waals surface area (Å²) < 4.78 is 19.3. The quantitative estimate of drug-likeness (QED) is 0.656. The van der Waals surface area contributed by atoms with Crippen molar-refractivity contribution in [3.8, 4) is 5.75 Å². The Labute approximate surface area is 123 Å². The standard InChI is InChI=1S/C16H18FN3O/c1-20(2)13-5-3-4-11(8-13)10-21-15-7-6-12(16(18)19)9-14(15)17/h3-9H,10H2,1-2H3,(H3,18,19). The largest absolute Gasteiger partial charge is 0.486 e. The average molecular weight is 287 g/mol. The molecule has 0 saturated heterocycles. The van der Waals surface area contributed by atoms with Crippen LogP contribution >= 0.6 is 0 Å². The van der Waals surface area contributed by atoms with Gasteiger partial charge in [0.1, 0.15) is 12.4 Å². The number of nitrogens with zero attached hydrogens (tertiary/aromatic N) is 1. The van der Waals surface area contributed by atoms with Crippen LogP contribution < -0.4 is 15.4 Å². The van der Waals surface area contributed by atoms with E-state index in [-0.39, 0.29) is 18.2 Å². The molecule has 0 atom stereocenters. The first kappa shape index (κ1) is 14.8. The first-order chi connectivity index (χ1) is 9.97. The summed E-state index contributed by atoms with van der Waals surface area (Å²) in [5, 5.41) is 7.27. The number of rotatable bonds is 5. The maximum atomic E-state index is 13.8. The zero-order valence-corrected chi connectivity index (χ0v) is 12.1. The van der Waals surface area contributed by atoms with Crippen molar-refractivity contribution >= 4 is 11.5 Å². The highest BCUT2D eigenvalue weighted by Crippen LogP contribution is 2.20. The van der Waals surface area contributed by atoms with E-state index in [0.29, 0.717) is 5.56 Å². The fourth-order valence-electron chi connectivity index (χ4n) is 1.87. The molecule has 0 radical (unpaired) electrons. The predicted molar refractivity (Wildman–Crippen MR) is 82.5 cm³/mol. The third-order valence-corrected chi connectivity index (χ3v) is 3.06. The number of nitrogen functional groups attached to an aromatic ring is 1. The molecule has 0 aromatic heterocycles. The van der Waals surface area contributed by atoms with E-state index in [1.165, 1.54) is 12.1 Å². The van der Waals surface area contributed by atoms with E-state index >= 15 is 0 Å². The second kappa shape index (κ2) is 6.26. The molecule has 3 N–H and O–H groups in total. The van der Waals surface area contributed by atoms with Crippen LogP contribution in [0.5, 0.6) is 5.75 Å². The predicted octanol–water partition coefficient (Wildman–Crippen LogP) is 2.75. The molecule has 110 valence electrons. The van der Waals surface area contributed by atoms with Crippen molar-refractivity contribution < 1.29 is 9.13 Å². The fraction of sp³-hybridized carbons (Fsp3) is 0.188. The van der Waals surface area contributed by atoms with Crippen LogP contribution in [-0.2, 0) is 6.61 Å². The normalized spacial score (nSPS) is 10.2. The van der Waals surface area contributed by atoms with Gasteiger partial charge in [0, 0.05) is 25.3 Å². The van der Waals surface area contributed by atoms with Crippen molar-refractivity contribution in [3.63, 3.8) is 0 Å². The van der Waals surface area contributed by atoms with Crippen LogP contribution in [-0.4, -0.2) is 19.9 Å². The average Bonchev–Trinajstić information content (AvgIpc) is 2.46. The molecule has 2 aromatic carbocycles. The second-order valence-electron chi connectivity index (χ2n) is 4.91. The topological polar surface area (TPSA) is 62.3 Å². The zero-order valence-electron chi connectivity index (χ0n) is 12.1. The molecule has 4 nitrogen and oxygen atoms in total. The van der Waals surface area contributed by atoms with Crippen molar-refractivity contribution in [1.82, 2.24) is 0 Å². The number of nitrogens with two attached hydrogens (primary N) is 1. The summed E-state index contributed by atoms with van der Waals surface area (Å²) in [6, 6.07) is 12.1. The minimum atomic E-state index is -0.522. The summed E-state index contributed by atoms with van der Waals surface area (Å²) in [6.07, 6.45) is 0. The third kappa shape index (κ3) is 3.72. The molecule has 0 amide bonds. The maximum absolute atomic E-state index is 13.8. The molecule has 0 bridgehead atoms. The van der Waals surface area contributed by atoms with Crippen LogP contribution in [0.15, 0.2) is 42.5 Å². The van der Waals surface area contributed by atoms with Gasteiger partial charge >= 0.3 is 0 Å². The van der Waals surface area contributed by atoms with E-state index in [4.69, 9.17) is 15.9 Å². The molecular weight excluding hydrogens is 269 g/mol. The highest BCUT2D eigenvalue weighted by Gasteiger charge is 2.07. The van der Waals surface area contributed by atoms with Gasteiger partial charge in [-0.25, -0.2) is 4.39 Å². The number of amidine groups is 1. The number of hydrogen-bond acceptors (Lipinski definition) is 3. The Morgan fingerprint density at radius 1 is 1.24 bits per heavy atom. The summed E-state index contributed by atoms with van der Waals surface area (Å²) in [6.45, 7) is 0.276. The van der Waals surface area contributed by atoms with Gasteiger partial charge in [-0.15, -0.1) is 0 Å². The molecule has 0 saturated carbocycles. The van der Waals surface area contributed by atoms with Gasteiger partial charge in [-0.3, -0.25) is 5.41 Å². The minimum Gasteiger partial charge on any atom is -0.486 e. The lowest BCUT2D eigenvalue weighted by atomic mass is 10.2. The highest BCUT2D eigenvalue weighted by molar-refractivity contribution is 5.95. The molecule has 0 spiro atoms. The molecule has 0 unspecified atom stereocenters. The Bertz CT molecular complexity index is 656. The van der Waals surface area contributed by atoms with Gasteiger partial charge < -0.3 is 15.4 Å². The Morgan fingerprint density at radius 3 is 2.62 bits per heavy atom. The summed E-state index contributed by atoms with van der Waals surface area (Å²) >= 11 is 0. The van der Waals surface area contributed by atoms with E-state index < -0.39 is 5.82 Å². The molecule has 0 fully saturated rings. The smallest absolute Gasteiger partial charge is 0.165 e. The van der Waals surface area contributed by atoms with Gasteiger partial charge in [-0.1, -0.05) is 12.1 Å². The van der Waals surface area contributed by atoms with Crippen molar-refractivity contribution in [1.29, 1.82) is 5.41 Å². The Balaban J connectivity index is 2.09. The van der Waals surface area contributed by atoms with Crippen LogP contribution in [0.25, 0.3) is 0 Å². The lowest BCUT2D eigenvalue weighted by Gasteiger charge is -2.14. The Kier molecular flexibility index (Phi) is 4.42. The molecule has 0 aliphatic heterocycles. The van der Waals surface area contributed by atoms with Gasteiger partial charge in [0.2, 0.25) is 0 Å². The first-order valence-corrected chi connectivity index (χ1v) is 6.50. The van der Waals surface area contributed by atoms with Crippen LogP contribution in [0.1, 0.15) is 11.1 Å². The van der Waals surface area contributed by atoms with E-state index in [9.17, 15) is 4.39 Å².